The second kappa shape index (κ2) is 5.60. The van der Waals surface area contributed by atoms with Crippen LogP contribution in [0, 0.1) is 0 Å². The molecular formula is C15H17NO. The predicted molar refractivity (Wildman–Crippen MR) is 70.1 cm³/mol. The summed E-state index contributed by atoms with van der Waals surface area (Å²) >= 11 is 0. The maximum absolute atomic E-state index is 12.3. The first kappa shape index (κ1) is 11.8. The Kier molecular flexibility index (Phi) is 3.89. The van der Waals surface area contributed by atoms with E-state index in [1.807, 2.05) is 30.3 Å². The van der Waals surface area contributed by atoms with Gasteiger partial charge in [-0.15, -0.1) is 6.58 Å². The third kappa shape index (κ3) is 2.71. The summed E-state index contributed by atoms with van der Waals surface area (Å²) in [4.78, 5) is 14.5. The molecule has 0 aliphatic carbocycles. The normalized spacial score (nSPS) is 17.6. The van der Waals surface area contributed by atoms with Gasteiger partial charge in [-0.05, 0) is 6.42 Å². The van der Waals surface area contributed by atoms with Crippen molar-refractivity contribution in [3.8, 4) is 0 Å². The molecule has 2 nitrogen and oxygen atoms in total. The molecule has 1 aliphatic rings. The van der Waals surface area contributed by atoms with Crippen molar-refractivity contribution < 1.29 is 4.79 Å². The summed E-state index contributed by atoms with van der Waals surface area (Å²) < 4.78 is 0. The highest BCUT2D eigenvalue weighted by Gasteiger charge is 2.23. The molecular weight excluding hydrogens is 210 g/mol. The lowest BCUT2D eigenvalue weighted by Crippen LogP contribution is -2.41. The average Bonchev–Trinajstić information content (AvgIpc) is 2.42. The highest BCUT2D eigenvalue weighted by Crippen LogP contribution is 2.13. The molecule has 0 bridgehead atoms. The summed E-state index contributed by atoms with van der Waals surface area (Å²) in [6.45, 7) is 5.55. The molecule has 0 N–H and O–H groups in total. The Labute approximate surface area is 102 Å². The number of Topliss-reactive ketones (excluding diaryl/α,β-unsaturated/α-hetero) is 1. The van der Waals surface area contributed by atoms with Gasteiger partial charge in [-0.1, -0.05) is 48.6 Å². The van der Waals surface area contributed by atoms with Crippen molar-refractivity contribution >= 4 is 5.78 Å². The average molecular weight is 227 g/mol. The molecule has 0 fully saturated rings. The fourth-order valence-electron chi connectivity index (χ4n) is 2.11. The lowest BCUT2D eigenvalue weighted by molar-refractivity contribution is 0.0878. The van der Waals surface area contributed by atoms with Gasteiger partial charge in [-0.2, -0.15) is 0 Å². The first-order valence-electron chi connectivity index (χ1n) is 5.94. The van der Waals surface area contributed by atoms with Crippen molar-refractivity contribution in [3.63, 3.8) is 0 Å². The van der Waals surface area contributed by atoms with Crippen LogP contribution in [0.2, 0.25) is 0 Å². The minimum atomic E-state index is -0.206. The third-order valence-electron chi connectivity index (χ3n) is 3.03. The van der Waals surface area contributed by atoms with Crippen molar-refractivity contribution in [2.45, 2.75) is 12.5 Å². The number of carbonyl (C=O) groups excluding carboxylic acids is 1. The molecule has 0 radical (unpaired) electrons. The van der Waals surface area contributed by atoms with Crippen molar-refractivity contribution in [1.29, 1.82) is 0 Å². The number of rotatable bonds is 4. The van der Waals surface area contributed by atoms with Crippen LogP contribution in [0.3, 0.4) is 0 Å². The molecule has 1 unspecified atom stereocenters. The Morgan fingerprint density at radius 2 is 2.06 bits per heavy atom. The number of hydrogen-bond acceptors (Lipinski definition) is 2. The van der Waals surface area contributed by atoms with Gasteiger partial charge in [0, 0.05) is 18.7 Å². The third-order valence-corrected chi connectivity index (χ3v) is 3.03. The van der Waals surface area contributed by atoms with Crippen LogP contribution in [-0.4, -0.2) is 29.8 Å². The Hall–Kier alpha value is -1.67. The van der Waals surface area contributed by atoms with Gasteiger partial charge in [-0.3, -0.25) is 9.69 Å². The van der Waals surface area contributed by atoms with E-state index in [1.54, 1.807) is 6.08 Å². The van der Waals surface area contributed by atoms with E-state index < -0.39 is 0 Å². The Balaban J connectivity index is 2.16. The lowest BCUT2D eigenvalue weighted by atomic mass is 10.0. The van der Waals surface area contributed by atoms with Crippen LogP contribution in [-0.2, 0) is 0 Å². The second-order valence-corrected chi connectivity index (χ2v) is 4.17. The van der Waals surface area contributed by atoms with Crippen LogP contribution < -0.4 is 0 Å². The molecule has 1 aromatic carbocycles. The van der Waals surface area contributed by atoms with E-state index >= 15 is 0 Å². The zero-order valence-corrected chi connectivity index (χ0v) is 9.88. The van der Waals surface area contributed by atoms with Crippen molar-refractivity contribution in [1.82, 2.24) is 4.90 Å². The van der Waals surface area contributed by atoms with Gasteiger partial charge < -0.3 is 0 Å². The van der Waals surface area contributed by atoms with Crippen LogP contribution in [0.25, 0.3) is 0 Å². The zero-order chi connectivity index (χ0) is 12.1. The van der Waals surface area contributed by atoms with Crippen molar-refractivity contribution in [3.05, 3.63) is 60.7 Å². The SMILES string of the molecule is C=CC(C(=O)c1ccccc1)N1CC=CCC1. The minimum Gasteiger partial charge on any atom is -0.292 e. The van der Waals surface area contributed by atoms with Gasteiger partial charge in [0.05, 0.1) is 6.04 Å². The quantitative estimate of drug-likeness (QED) is 0.582. The summed E-state index contributed by atoms with van der Waals surface area (Å²) in [7, 11) is 0. The van der Waals surface area contributed by atoms with Gasteiger partial charge in [0.1, 0.15) is 0 Å². The summed E-state index contributed by atoms with van der Waals surface area (Å²) in [6, 6.07) is 9.22. The number of nitrogens with zero attached hydrogens (tertiary/aromatic N) is 1. The Morgan fingerprint density at radius 1 is 1.29 bits per heavy atom. The monoisotopic (exact) mass is 227 g/mol. The molecule has 1 aliphatic heterocycles. The first-order valence-corrected chi connectivity index (χ1v) is 5.94. The minimum absolute atomic E-state index is 0.135. The number of carbonyl (C=O) groups is 1. The molecule has 2 heteroatoms. The summed E-state index contributed by atoms with van der Waals surface area (Å²) in [5, 5.41) is 0. The van der Waals surface area contributed by atoms with Gasteiger partial charge in [-0.25, -0.2) is 0 Å². The topological polar surface area (TPSA) is 20.3 Å². The Morgan fingerprint density at radius 3 is 2.65 bits per heavy atom. The number of ketones is 1. The molecule has 0 aromatic heterocycles. The largest absolute Gasteiger partial charge is 0.292 e. The van der Waals surface area contributed by atoms with E-state index in [2.05, 4.69) is 23.6 Å². The van der Waals surface area contributed by atoms with E-state index in [-0.39, 0.29) is 11.8 Å². The van der Waals surface area contributed by atoms with E-state index in [0.717, 1.165) is 25.1 Å². The van der Waals surface area contributed by atoms with Crippen LogP contribution in [0.5, 0.6) is 0 Å². The van der Waals surface area contributed by atoms with E-state index in [9.17, 15) is 4.79 Å². The fourth-order valence-corrected chi connectivity index (χ4v) is 2.11. The molecule has 0 amide bonds. The maximum Gasteiger partial charge on any atom is 0.183 e. The van der Waals surface area contributed by atoms with E-state index in [1.165, 1.54) is 0 Å². The first-order chi connectivity index (χ1) is 8.33. The molecule has 1 aromatic rings. The summed E-state index contributed by atoms with van der Waals surface area (Å²) in [5.74, 6) is 0.135. The molecule has 1 atom stereocenters. The van der Waals surface area contributed by atoms with Gasteiger partial charge in [0.2, 0.25) is 0 Å². The van der Waals surface area contributed by atoms with Crippen molar-refractivity contribution in [2.75, 3.05) is 13.1 Å². The molecule has 0 saturated heterocycles. The van der Waals surface area contributed by atoms with Crippen molar-refractivity contribution in [2.24, 2.45) is 0 Å². The standard InChI is InChI=1S/C15H17NO/c1-2-14(16-11-7-4-8-12-16)15(17)13-9-5-3-6-10-13/h2-7,9-10,14H,1,8,11-12H2. The lowest BCUT2D eigenvalue weighted by Gasteiger charge is -2.29. The maximum atomic E-state index is 12.3. The van der Waals surface area contributed by atoms with E-state index in [0.29, 0.717) is 0 Å². The van der Waals surface area contributed by atoms with Gasteiger partial charge in [0.25, 0.3) is 0 Å². The number of hydrogen-bond donors (Lipinski definition) is 0. The summed E-state index contributed by atoms with van der Waals surface area (Å²) in [6.07, 6.45) is 7.02. The molecule has 0 saturated carbocycles. The highest BCUT2D eigenvalue weighted by molar-refractivity contribution is 6.01. The smallest absolute Gasteiger partial charge is 0.183 e. The van der Waals surface area contributed by atoms with Gasteiger partial charge >= 0.3 is 0 Å². The van der Waals surface area contributed by atoms with Gasteiger partial charge in [0.15, 0.2) is 5.78 Å². The fraction of sp³-hybridized carbons (Fsp3) is 0.267. The molecule has 2 rings (SSSR count). The van der Waals surface area contributed by atoms with E-state index in [4.69, 9.17) is 0 Å². The zero-order valence-electron chi connectivity index (χ0n) is 9.88. The number of benzene rings is 1. The highest BCUT2D eigenvalue weighted by atomic mass is 16.1. The van der Waals surface area contributed by atoms with Crippen LogP contribution in [0.15, 0.2) is 55.1 Å². The molecule has 0 spiro atoms. The summed E-state index contributed by atoms with van der Waals surface area (Å²) in [5.41, 5.74) is 0.756. The predicted octanol–water partition coefficient (Wildman–Crippen LogP) is 2.69. The second-order valence-electron chi connectivity index (χ2n) is 4.17. The van der Waals surface area contributed by atoms with Crippen LogP contribution >= 0.6 is 0 Å². The molecule has 17 heavy (non-hydrogen) atoms. The molecule has 1 heterocycles. The van der Waals surface area contributed by atoms with Crippen LogP contribution in [0.1, 0.15) is 16.8 Å². The Bertz CT molecular complexity index is 422. The van der Waals surface area contributed by atoms with Crippen LogP contribution in [0.4, 0.5) is 0 Å². The molecule has 88 valence electrons.